The molecule has 0 aliphatic rings. The molecule has 1 heterocycles. The third-order valence-electron chi connectivity index (χ3n) is 9.88. The largest absolute Gasteiger partial charge is 0.292 e. The van der Waals surface area contributed by atoms with Gasteiger partial charge in [-0.2, -0.15) is 0 Å². The van der Waals surface area contributed by atoms with Gasteiger partial charge >= 0.3 is 0 Å². The zero-order valence-electron chi connectivity index (χ0n) is 27.1. The van der Waals surface area contributed by atoms with Crippen molar-refractivity contribution >= 4 is 110 Å². The molecule has 220 valence electrons. The van der Waals surface area contributed by atoms with Gasteiger partial charge < -0.3 is 0 Å². The van der Waals surface area contributed by atoms with Gasteiger partial charge in [0, 0.05) is 10.9 Å². The molecule has 0 spiro atoms. The Bertz CT molecular complexity index is 2730. The SMILES string of the molecule is [B]c1c([B])c([B])c(-c2c3ccccc3c(-c3ccc(-c4nc5ccccc5n4-c4cccc5ccccc45)cc3)c3ccccc23)c([B])c1[B]. The van der Waals surface area contributed by atoms with Crippen LogP contribution in [0.15, 0.2) is 140 Å². The summed E-state index contributed by atoms with van der Waals surface area (Å²) in [6.07, 6.45) is 0. The van der Waals surface area contributed by atoms with Gasteiger partial charge in [-0.3, -0.25) is 4.57 Å². The topological polar surface area (TPSA) is 17.8 Å². The van der Waals surface area contributed by atoms with Gasteiger partial charge in [-0.25, -0.2) is 4.98 Å². The van der Waals surface area contributed by atoms with Crippen molar-refractivity contribution in [3.63, 3.8) is 0 Å². The lowest BCUT2D eigenvalue weighted by Gasteiger charge is -2.25. The maximum atomic E-state index is 6.65. The summed E-state index contributed by atoms with van der Waals surface area (Å²) in [5.74, 6) is 0.878. The van der Waals surface area contributed by atoms with E-state index in [1.54, 1.807) is 0 Å². The van der Waals surface area contributed by atoms with Crippen molar-refractivity contribution in [2.24, 2.45) is 0 Å². The Morgan fingerprint density at radius 1 is 0.380 bits per heavy atom. The Balaban J connectivity index is 1.27. The average molecular weight is 622 g/mol. The van der Waals surface area contributed by atoms with E-state index >= 15 is 0 Å². The third kappa shape index (κ3) is 4.53. The van der Waals surface area contributed by atoms with E-state index in [1.165, 1.54) is 10.8 Å². The molecule has 0 fully saturated rings. The molecule has 0 saturated heterocycles. The van der Waals surface area contributed by atoms with E-state index in [4.69, 9.17) is 44.2 Å². The fourth-order valence-electron chi connectivity index (χ4n) is 7.48. The molecule has 2 nitrogen and oxygen atoms in total. The predicted octanol–water partition coefficient (Wildman–Crippen LogP) is 5.46. The molecule has 0 atom stereocenters. The van der Waals surface area contributed by atoms with Crippen LogP contribution in [-0.4, -0.2) is 48.8 Å². The lowest BCUT2D eigenvalue weighted by atomic mass is 9.59. The van der Waals surface area contributed by atoms with Gasteiger partial charge in [0.1, 0.15) is 45.1 Å². The molecular weight excluding hydrogens is 599 g/mol. The van der Waals surface area contributed by atoms with E-state index in [-0.39, 0.29) is 16.4 Å². The molecule has 10 radical (unpaired) electrons. The molecule has 9 aromatic rings. The van der Waals surface area contributed by atoms with Crippen molar-refractivity contribution < 1.29 is 0 Å². The van der Waals surface area contributed by atoms with E-state index in [1.807, 2.05) is 30.3 Å². The number of hydrogen-bond donors (Lipinski definition) is 0. The minimum atomic E-state index is 0.197. The van der Waals surface area contributed by atoms with Crippen LogP contribution in [0.3, 0.4) is 0 Å². The lowest BCUT2D eigenvalue weighted by molar-refractivity contribution is 1.11. The number of rotatable bonds is 4. The number of hydrogen-bond acceptors (Lipinski definition) is 1. The van der Waals surface area contributed by atoms with Gasteiger partial charge in [-0.05, 0) is 67.4 Å². The zero-order valence-corrected chi connectivity index (χ0v) is 27.1. The fraction of sp³-hybridized carbons (Fsp3) is 0. The summed E-state index contributed by atoms with van der Waals surface area (Å²) in [7, 11) is 32.2. The van der Waals surface area contributed by atoms with Crippen molar-refractivity contribution in [2.45, 2.75) is 0 Å². The number of nitrogens with zero attached hydrogens (tertiary/aromatic N) is 2. The summed E-state index contributed by atoms with van der Waals surface area (Å²) in [4.78, 5) is 5.16. The molecule has 0 unspecified atom stereocenters. The van der Waals surface area contributed by atoms with Crippen LogP contribution in [0.4, 0.5) is 0 Å². The normalized spacial score (nSPS) is 11.6. The number of benzene rings is 8. The minimum Gasteiger partial charge on any atom is -0.292 e. The summed E-state index contributed by atoms with van der Waals surface area (Å²) in [5, 5.41) is 6.39. The molecule has 0 aliphatic carbocycles. The van der Waals surface area contributed by atoms with Crippen molar-refractivity contribution in [2.75, 3.05) is 0 Å². The minimum absolute atomic E-state index is 0.197. The lowest BCUT2D eigenvalue weighted by Crippen LogP contribution is -2.55. The first-order valence-electron chi connectivity index (χ1n) is 16.4. The summed E-state index contributed by atoms with van der Waals surface area (Å²) in [6, 6.07) is 48.4. The van der Waals surface area contributed by atoms with E-state index in [9.17, 15) is 0 Å². The Morgan fingerprint density at radius 3 is 1.50 bits per heavy atom. The van der Waals surface area contributed by atoms with Crippen LogP contribution in [0.5, 0.6) is 0 Å². The second kappa shape index (κ2) is 11.7. The van der Waals surface area contributed by atoms with Gasteiger partial charge in [0.05, 0.1) is 16.7 Å². The molecule has 0 aliphatic heterocycles. The van der Waals surface area contributed by atoms with E-state index in [0.717, 1.165) is 66.3 Å². The second-order valence-electron chi connectivity index (χ2n) is 12.6. The fourth-order valence-corrected chi connectivity index (χ4v) is 7.48. The second-order valence-corrected chi connectivity index (χ2v) is 12.6. The Morgan fingerprint density at radius 2 is 0.860 bits per heavy atom. The van der Waals surface area contributed by atoms with Gasteiger partial charge in [-0.15, -0.1) is 16.4 Å². The maximum absolute atomic E-state index is 6.65. The Hall–Kier alpha value is -5.67. The molecule has 0 bridgehead atoms. The first-order chi connectivity index (χ1) is 24.4. The van der Waals surface area contributed by atoms with Crippen LogP contribution in [0.25, 0.3) is 82.7 Å². The number of imidazole rings is 1. The zero-order chi connectivity index (χ0) is 34.1. The quantitative estimate of drug-likeness (QED) is 0.189. The van der Waals surface area contributed by atoms with Crippen LogP contribution < -0.4 is 27.3 Å². The Kier molecular flexibility index (Phi) is 7.14. The summed E-state index contributed by atoms with van der Waals surface area (Å²) in [5.41, 5.74) is 9.01. The molecule has 7 heteroatoms. The predicted molar refractivity (Wildman–Crippen MR) is 217 cm³/mol. The van der Waals surface area contributed by atoms with E-state index < -0.39 is 0 Å². The summed E-state index contributed by atoms with van der Waals surface area (Å²) < 4.78 is 2.27. The number of aromatic nitrogens is 2. The standard InChI is InChI=1S/C43H23B5N2/c44-38-37(39(45)41(47)42(48)40(38)46)36-30-15-5-3-13-28(30)35(29-14-4-6-16-31(29)36)25-20-22-26(23-21-25)43-49-32-17-7-8-18-34(32)50(43)33-19-9-11-24-10-1-2-12-27(24)33/h1-23H. The van der Waals surface area contributed by atoms with Crippen molar-refractivity contribution in [1.82, 2.24) is 9.55 Å². The highest BCUT2D eigenvalue weighted by Gasteiger charge is 2.21. The molecule has 9 rings (SSSR count). The van der Waals surface area contributed by atoms with Crippen LogP contribution >= 0.6 is 0 Å². The summed E-state index contributed by atoms with van der Waals surface area (Å²) in [6.45, 7) is 0. The monoisotopic (exact) mass is 622 g/mol. The van der Waals surface area contributed by atoms with E-state index in [2.05, 4.69) is 114 Å². The maximum Gasteiger partial charge on any atom is 0.145 e. The van der Waals surface area contributed by atoms with Crippen molar-refractivity contribution in [3.8, 4) is 39.3 Å². The molecule has 1 aromatic heterocycles. The van der Waals surface area contributed by atoms with Gasteiger partial charge in [0.2, 0.25) is 0 Å². The van der Waals surface area contributed by atoms with Crippen molar-refractivity contribution in [3.05, 3.63) is 140 Å². The molecule has 0 N–H and O–H groups in total. The van der Waals surface area contributed by atoms with E-state index in [0.29, 0.717) is 16.5 Å². The van der Waals surface area contributed by atoms with Gasteiger partial charge in [-0.1, -0.05) is 132 Å². The smallest absolute Gasteiger partial charge is 0.145 e. The number of fused-ring (bicyclic) bond motifs is 4. The molecular formula is C43H23B5N2. The third-order valence-corrected chi connectivity index (χ3v) is 9.88. The first kappa shape index (κ1) is 30.4. The van der Waals surface area contributed by atoms with Crippen LogP contribution in [0, 0.1) is 0 Å². The number of para-hydroxylation sites is 2. The molecule has 0 amide bonds. The first-order valence-corrected chi connectivity index (χ1v) is 16.4. The average Bonchev–Trinajstić information content (AvgIpc) is 3.55. The molecule has 8 aromatic carbocycles. The summed E-state index contributed by atoms with van der Waals surface area (Å²) >= 11 is 0. The molecule has 50 heavy (non-hydrogen) atoms. The highest BCUT2D eigenvalue weighted by molar-refractivity contribution is 6.69. The van der Waals surface area contributed by atoms with Gasteiger partial charge in [0.15, 0.2) is 0 Å². The van der Waals surface area contributed by atoms with Gasteiger partial charge in [0.25, 0.3) is 0 Å². The van der Waals surface area contributed by atoms with Crippen LogP contribution in [0.2, 0.25) is 0 Å². The Labute approximate surface area is 297 Å². The highest BCUT2D eigenvalue weighted by Crippen LogP contribution is 2.43. The van der Waals surface area contributed by atoms with Crippen molar-refractivity contribution in [1.29, 1.82) is 0 Å². The van der Waals surface area contributed by atoms with Crippen LogP contribution in [-0.2, 0) is 0 Å². The van der Waals surface area contributed by atoms with Crippen LogP contribution in [0.1, 0.15) is 0 Å². The highest BCUT2D eigenvalue weighted by atomic mass is 15.1. The molecule has 0 saturated carbocycles.